The number of hydrogen-bond acceptors (Lipinski definition) is 5. The first-order valence-corrected chi connectivity index (χ1v) is 13.0. The lowest BCUT2D eigenvalue weighted by Gasteiger charge is -2.18. The molecule has 1 aromatic heterocycles. The van der Waals surface area contributed by atoms with Crippen molar-refractivity contribution >= 4 is 5.97 Å². The quantitative estimate of drug-likeness (QED) is 0.125. The maximum atomic E-state index is 14.6. The fourth-order valence-electron chi connectivity index (χ4n) is 3.76. The van der Waals surface area contributed by atoms with E-state index in [1.807, 2.05) is 26.0 Å². The normalized spacial score (nSPS) is 13.5. The molecule has 2 atom stereocenters. The lowest BCUT2D eigenvalue weighted by Crippen LogP contribution is -2.34. The summed E-state index contributed by atoms with van der Waals surface area (Å²) in [6.45, 7) is 5.39. The monoisotopic (exact) mass is 510 g/mol. The van der Waals surface area contributed by atoms with Gasteiger partial charge in [0.2, 0.25) is 5.67 Å². The predicted molar refractivity (Wildman–Crippen MR) is 142 cm³/mol. The largest absolute Gasteiger partial charge is 0.491 e. The van der Waals surface area contributed by atoms with Crippen molar-refractivity contribution in [2.45, 2.75) is 77.6 Å². The second-order valence-corrected chi connectivity index (χ2v) is 9.44. The van der Waals surface area contributed by atoms with Crippen LogP contribution in [0.5, 0.6) is 11.5 Å². The van der Waals surface area contributed by atoms with Crippen LogP contribution >= 0.6 is 0 Å². The van der Waals surface area contributed by atoms with Crippen molar-refractivity contribution in [3.63, 3.8) is 0 Å². The van der Waals surface area contributed by atoms with E-state index < -0.39 is 17.8 Å². The van der Waals surface area contributed by atoms with E-state index in [9.17, 15) is 13.6 Å². The molecular formula is C30H36F2N2O3. The fraction of sp³-hybridized carbons (Fsp3) is 0.433. The van der Waals surface area contributed by atoms with Crippen LogP contribution in [0.2, 0.25) is 0 Å². The van der Waals surface area contributed by atoms with Crippen molar-refractivity contribution in [1.29, 1.82) is 0 Å². The van der Waals surface area contributed by atoms with Gasteiger partial charge >= 0.3 is 5.97 Å². The van der Waals surface area contributed by atoms with Crippen LogP contribution in [0.3, 0.4) is 0 Å². The fourth-order valence-corrected chi connectivity index (χ4v) is 3.76. The summed E-state index contributed by atoms with van der Waals surface area (Å²) in [5, 5.41) is 0. The van der Waals surface area contributed by atoms with Crippen molar-refractivity contribution in [3.8, 4) is 34.0 Å². The van der Waals surface area contributed by atoms with Gasteiger partial charge in [0.05, 0.1) is 0 Å². The Hall–Kier alpha value is -3.35. The predicted octanol–water partition coefficient (Wildman–Crippen LogP) is 7.93. The molecule has 37 heavy (non-hydrogen) atoms. The summed E-state index contributed by atoms with van der Waals surface area (Å²) in [6.07, 6.45) is 7.42. The minimum Gasteiger partial charge on any atom is -0.491 e. The third-order valence-corrected chi connectivity index (χ3v) is 6.14. The van der Waals surface area contributed by atoms with Crippen LogP contribution in [-0.4, -0.2) is 34.4 Å². The average molecular weight is 511 g/mol. The summed E-state index contributed by atoms with van der Waals surface area (Å²) in [5.74, 6) is 0.575. The number of nitrogens with zero attached hydrogens (tertiary/aromatic N) is 2. The van der Waals surface area contributed by atoms with Gasteiger partial charge in [-0.3, -0.25) is 0 Å². The van der Waals surface area contributed by atoms with Crippen molar-refractivity contribution < 1.29 is 23.0 Å². The molecule has 0 aliphatic carbocycles. The first-order valence-electron chi connectivity index (χ1n) is 13.0. The van der Waals surface area contributed by atoms with Gasteiger partial charge in [-0.1, -0.05) is 51.7 Å². The molecule has 198 valence electrons. The molecule has 5 nitrogen and oxygen atoms in total. The van der Waals surface area contributed by atoms with Gasteiger partial charge in [-0.2, -0.15) is 0 Å². The van der Waals surface area contributed by atoms with E-state index in [1.165, 1.54) is 6.92 Å². The highest BCUT2D eigenvalue weighted by Gasteiger charge is 2.34. The number of ether oxygens (including phenoxy) is 2. The molecule has 0 aliphatic rings. The molecule has 1 heterocycles. The van der Waals surface area contributed by atoms with Crippen LogP contribution in [0.25, 0.3) is 22.5 Å². The molecule has 3 aromatic rings. The Labute approximate surface area is 218 Å². The van der Waals surface area contributed by atoms with Crippen molar-refractivity contribution in [1.82, 2.24) is 9.97 Å². The molecule has 0 aliphatic heterocycles. The maximum Gasteiger partial charge on any atom is 0.348 e. The van der Waals surface area contributed by atoms with Gasteiger partial charge < -0.3 is 9.47 Å². The zero-order valence-electron chi connectivity index (χ0n) is 21.9. The topological polar surface area (TPSA) is 61.3 Å². The standard InChI is InChI=1S/C30H36F2N2O3/c1-4-6-8-18-30(3,32)29(35)37-27-16-10-22(11-17-27)24-19-33-28(34-20-24)23-12-14-26(15-13-23)36-21-25(31)9-7-5-2/h10-17,19-20,25H,4-9,18,21H2,1-3H3/t25-,30+/m1/s1. The number of carbonyl (C=O) groups is 1. The van der Waals surface area contributed by atoms with E-state index in [-0.39, 0.29) is 18.8 Å². The highest BCUT2D eigenvalue weighted by atomic mass is 19.1. The molecule has 2 aromatic carbocycles. The first-order chi connectivity index (χ1) is 17.8. The molecule has 3 rings (SSSR count). The van der Waals surface area contributed by atoms with Gasteiger partial charge in [-0.25, -0.2) is 23.5 Å². The second kappa shape index (κ2) is 13.8. The molecule has 0 unspecified atom stereocenters. The van der Waals surface area contributed by atoms with Gasteiger partial charge in [0.15, 0.2) is 5.82 Å². The van der Waals surface area contributed by atoms with Gasteiger partial charge in [0, 0.05) is 23.5 Å². The number of halogens is 2. The number of rotatable bonds is 14. The summed E-state index contributed by atoms with van der Waals surface area (Å²) < 4.78 is 39.2. The molecule has 0 amide bonds. The lowest BCUT2D eigenvalue weighted by atomic mass is 10.0. The van der Waals surface area contributed by atoms with Crippen molar-refractivity contribution in [2.75, 3.05) is 6.61 Å². The van der Waals surface area contributed by atoms with Crippen LogP contribution < -0.4 is 9.47 Å². The van der Waals surface area contributed by atoms with Crippen LogP contribution in [0, 0.1) is 0 Å². The molecule has 0 bridgehead atoms. The minimum atomic E-state index is -2.01. The number of aromatic nitrogens is 2. The van der Waals surface area contributed by atoms with Crippen molar-refractivity contribution in [2.24, 2.45) is 0 Å². The first kappa shape index (κ1) is 28.2. The summed E-state index contributed by atoms with van der Waals surface area (Å²) in [4.78, 5) is 21.1. The zero-order chi connectivity index (χ0) is 26.7. The number of alkyl halides is 2. The van der Waals surface area contributed by atoms with E-state index in [0.29, 0.717) is 24.4 Å². The van der Waals surface area contributed by atoms with E-state index in [1.54, 1.807) is 48.8 Å². The summed E-state index contributed by atoms with van der Waals surface area (Å²) in [7, 11) is 0. The molecule has 0 N–H and O–H groups in total. The molecular weight excluding hydrogens is 474 g/mol. The molecule has 7 heteroatoms. The Morgan fingerprint density at radius 1 is 0.865 bits per heavy atom. The van der Waals surface area contributed by atoms with Crippen LogP contribution in [0.4, 0.5) is 8.78 Å². The van der Waals surface area contributed by atoms with E-state index in [0.717, 1.165) is 42.4 Å². The summed E-state index contributed by atoms with van der Waals surface area (Å²) in [5.41, 5.74) is 0.436. The van der Waals surface area contributed by atoms with Crippen LogP contribution in [0.1, 0.15) is 65.7 Å². The Bertz CT molecular complexity index is 1100. The Kier molecular flexibility index (Phi) is 10.5. The molecule has 0 saturated carbocycles. The Balaban J connectivity index is 1.56. The van der Waals surface area contributed by atoms with Crippen LogP contribution in [0.15, 0.2) is 60.9 Å². The molecule has 0 saturated heterocycles. The maximum absolute atomic E-state index is 14.6. The Morgan fingerprint density at radius 2 is 1.46 bits per heavy atom. The van der Waals surface area contributed by atoms with Gasteiger partial charge in [0.1, 0.15) is 24.3 Å². The van der Waals surface area contributed by atoms with E-state index in [2.05, 4.69) is 9.97 Å². The summed E-state index contributed by atoms with van der Waals surface area (Å²) >= 11 is 0. The number of esters is 1. The Morgan fingerprint density at radius 3 is 2.08 bits per heavy atom. The number of hydrogen-bond donors (Lipinski definition) is 0. The number of benzene rings is 2. The molecule has 0 radical (unpaired) electrons. The lowest BCUT2D eigenvalue weighted by molar-refractivity contribution is -0.147. The van der Waals surface area contributed by atoms with Crippen LogP contribution in [-0.2, 0) is 4.79 Å². The molecule has 0 fully saturated rings. The van der Waals surface area contributed by atoms with Gasteiger partial charge in [-0.15, -0.1) is 0 Å². The molecule has 0 spiro atoms. The summed E-state index contributed by atoms with van der Waals surface area (Å²) in [6, 6.07) is 14.1. The highest BCUT2D eigenvalue weighted by molar-refractivity contribution is 5.81. The smallest absolute Gasteiger partial charge is 0.348 e. The van der Waals surface area contributed by atoms with Gasteiger partial charge in [0.25, 0.3) is 0 Å². The third kappa shape index (κ3) is 8.62. The highest BCUT2D eigenvalue weighted by Crippen LogP contribution is 2.26. The number of unbranched alkanes of at least 4 members (excludes halogenated alkanes) is 3. The van der Waals surface area contributed by atoms with Crippen molar-refractivity contribution in [3.05, 3.63) is 60.9 Å². The zero-order valence-corrected chi connectivity index (χ0v) is 21.9. The second-order valence-electron chi connectivity index (χ2n) is 9.44. The SMILES string of the molecule is CCCCC[C@](C)(F)C(=O)Oc1ccc(-c2cnc(-c3ccc(OC[C@H](F)CCCC)cc3)nc2)cc1. The van der Waals surface area contributed by atoms with Gasteiger partial charge in [-0.05, 0) is 68.1 Å². The minimum absolute atomic E-state index is 0.0502. The average Bonchev–Trinajstić information content (AvgIpc) is 2.91. The third-order valence-electron chi connectivity index (χ3n) is 6.14. The number of carbonyl (C=O) groups excluding carboxylic acids is 1. The van der Waals surface area contributed by atoms with E-state index >= 15 is 0 Å². The van der Waals surface area contributed by atoms with E-state index in [4.69, 9.17) is 9.47 Å².